The normalized spacial score (nSPS) is 17.2. The lowest BCUT2D eigenvalue weighted by atomic mass is 10.3. The van der Waals surface area contributed by atoms with Gasteiger partial charge in [-0.2, -0.15) is 0 Å². The van der Waals surface area contributed by atoms with Crippen LogP contribution in [0.4, 0.5) is 11.4 Å². The van der Waals surface area contributed by atoms with Crippen LogP contribution in [0, 0.1) is 0 Å². The Kier molecular flexibility index (Phi) is 3.49. The molecule has 4 nitrogen and oxygen atoms in total. The number of anilines is 2. The lowest BCUT2D eigenvalue weighted by Crippen LogP contribution is -2.25. The predicted octanol–water partition coefficient (Wildman–Crippen LogP) is 2.61. The number of sulfonamides is 1. The Morgan fingerprint density at radius 2 is 1.94 bits per heavy atom. The highest BCUT2D eigenvalue weighted by atomic mass is 35.5. The number of hydrogen-bond acceptors (Lipinski definition) is 3. The van der Waals surface area contributed by atoms with E-state index in [0.717, 1.165) is 25.7 Å². The molecule has 0 saturated heterocycles. The van der Waals surface area contributed by atoms with E-state index in [-0.39, 0.29) is 5.25 Å². The molecular weight excluding hydrogens is 260 g/mol. The monoisotopic (exact) mass is 274 g/mol. The summed E-state index contributed by atoms with van der Waals surface area (Å²) >= 11 is 5.94. The van der Waals surface area contributed by atoms with E-state index in [2.05, 4.69) is 4.72 Å². The molecule has 0 unspecified atom stereocenters. The molecule has 0 radical (unpaired) electrons. The van der Waals surface area contributed by atoms with E-state index in [4.69, 9.17) is 17.3 Å². The van der Waals surface area contributed by atoms with Crippen LogP contribution in [0.2, 0.25) is 5.02 Å². The summed E-state index contributed by atoms with van der Waals surface area (Å²) in [6.45, 7) is 0. The highest BCUT2D eigenvalue weighted by Crippen LogP contribution is 2.29. The number of benzene rings is 1. The van der Waals surface area contributed by atoms with Gasteiger partial charge in [-0.15, -0.1) is 0 Å². The summed E-state index contributed by atoms with van der Waals surface area (Å²) < 4.78 is 26.6. The van der Waals surface area contributed by atoms with Crippen molar-refractivity contribution in [3.05, 3.63) is 23.2 Å². The minimum absolute atomic E-state index is 0.295. The molecule has 2 rings (SSSR count). The van der Waals surface area contributed by atoms with E-state index in [0.29, 0.717) is 16.4 Å². The first-order chi connectivity index (χ1) is 7.99. The Morgan fingerprint density at radius 1 is 1.29 bits per heavy atom. The van der Waals surface area contributed by atoms with Crippen molar-refractivity contribution in [2.24, 2.45) is 0 Å². The van der Waals surface area contributed by atoms with Gasteiger partial charge >= 0.3 is 0 Å². The van der Waals surface area contributed by atoms with Gasteiger partial charge in [-0.25, -0.2) is 8.42 Å². The molecule has 0 spiro atoms. The van der Waals surface area contributed by atoms with Crippen molar-refractivity contribution in [1.82, 2.24) is 0 Å². The van der Waals surface area contributed by atoms with Gasteiger partial charge in [-0.1, -0.05) is 24.4 Å². The Labute approximate surface area is 106 Å². The fourth-order valence-corrected chi connectivity index (χ4v) is 3.95. The summed E-state index contributed by atoms with van der Waals surface area (Å²) in [6.07, 6.45) is 3.39. The molecule has 0 atom stereocenters. The predicted molar refractivity (Wildman–Crippen MR) is 70.7 cm³/mol. The second kappa shape index (κ2) is 4.74. The number of halogens is 1. The third-order valence-corrected chi connectivity index (χ3v) is 5.15. The third-order valence-electron chi connectivity index (χ3n) is 2.99. The molecule has 1 saturated carbocycles. The smallest absolute Gasteiger partial charge is 0.235 e. The molecule has 0 heterocycles. The number of hydrogen-bond donors (Lipinski definition) is 2. The molecule has 0 bridgehead atoms. The lowest BCUT2D eigenvalue weighted by molar-refractivity contribution is 0.585. The van der Waals surface area contributed by atoms with E-state index in [1.165, 1.54) is 6.07 Å². The first-order valence-electron chi connectivity index (χ1n) is 5.56. The van der Waals surface area contributed by atoms with Crippen LogP contribution in [-0.2, 0) is 10.0 Å². The second-order valence-electron chi connectivity index (χ2n) is 4.29. The van der Waals surface area contributed by atoms with Crippen LogP contribution in [0.15, 0.2) is 18.2 Å². The molecule has 0 amide bonds. The first kappa shape index (κ1) is 12.5. The van der Waals surface area contributed by atoms with Gasteiger partial charge in [-0.05, 0) is 31.0 Å². The van der Waals surface area contributed by atoms with Crippen molar-refractivity contribution in [3.63, 3.8) is 0 Å². The Hall–Kier alpha value is -0.940. The molecule has 6 heteroatoms. The lowest BCUT2D eigenvalue weighted by Gasteiger charge is -2.14. The molecule has 0 aliphatic heterocycles. The van der Waals surface area contributed by atoms with E-state index >= 15 is 0 Å². The van der Waals surface area contributed by atoms with Crippen LogP contribution in [0.5, 0.6) is 0 Å². The minimum atomic E-state index is -3.32. The van der Waals surface area contributed by atoms with E-state index in [1.54, 1.807) is 12.1 Å². The zero-order valence-electron chi connectivity index (χ0n) is 9.32. The molecule has 3 N–H and O–H groups in total. The molecule has 1 aliphatic carbocycles. The van der Waals surface area contributed by atoms with E-state index in [9.17, 15) is 8.42 Å². The van der Waals surface area contributed by atoms with Gasteiger partial charge in [0.25, 0.3) is 0 Å². The number of nitrogen functional groups attached to an aromatic ring is 1. The van der Waals surface area contributed by atoms with Gasteiger partial charge in [0.15, 0.2) is 0 Å². The summed E-state index contributed by atoms with van der Waals surface area (Å²) in [7, 11) is -3.32. The Morgan fingerprint density at radius 3 is 2.53 bits per heavy atom. The fourth-order valence-electron chi connectivity index (χ4n) is 2.05. The molecule has 1 aromatic rings. The first-order valence-corrected chi connectivity index (χ1v) is 7.48. The van der Waals surface area contributed by atoms with Crippen LogP contribution in [0.25, 0.3) is 0 Å². The topological polar surface area (TPSA) is 72.2 Å². The number of nitrogens with one attached hydrogen (secondary N) is 1. The van der Waals surface area contributed by atoms with Crippen LogP contribution >= 0.6 is 11.6 Å². The zero-order chi connectivity index (χ0) is 12.5. The Balaban J connectivity index is 2.19. The zero-order valence-corrected chi connectivity index (χ0v) is 10.9. The highest BCUT2D eigenvalue weighted by molar-refractivity contribution is 7.93. The maximum absolute atomic E-state index is 12.0. The van der Waals surface area contributed by atoms with Crippen LogP contribution in [0.3, 0.4) is 0 Å². The van der Waals surface area contributed by atoms with E-state index < -0.39 is 10.0 Å². The summed E-state index contributed by atoms with van der Waals surface area (Å²) in [5, 5.41) is 0.0303. The third kappa shape index (κ3) is 2.84. The summed E-state index contributed by atoms with van der Waals surface area (Å²) in [4.78, 5) is 0. The molecule has 1 aliphatic rings. The molecule has 1 fully saturated rings. The van der Waals surface area contributed by atoms with Crippen LogP contribution in [-0.4, -0.2) is 13.7 Å². The van der Waals surface area contributed by atoms with Crippen molar-refractivity contribution < 1.29 is 8.42 Å². The van der Waals surface area contributed by atoms with Gasteiger partial charge < -0.3 is 5.73 Å². The molecule has 17 heavy (non-hydrogen) atoms. The molecule has 0 aromatic heterocycles. The summed E-state index contributed by atoms with van der Waals surface area (Å²) in [5.41, 5.74) is 6.46. The number of rotatable bonds is 3. The molecular formula is C11H15ClN2O2S. The maximum atomic E-state index is 12.0. The van der Waals surface area contributed by atoms with Gasteiger partial charge in [0.1, 0.15) is 0 Å². The molecule has 1 aromatic carbocycles. The van der Waals surface area contributed by atoms with Crippen molar-refractivity contribution >= 4 is 33.0 Å². The van der Waals surface area contributed by atoms with Gasteiger partial charge in [-0.3, -0.25) is 4.72 Å². The summed E-state index contributed by atoms with van der Waals surface area (Å²) in [5.74, 6) is 0. The van der Waals surface area contributed by atoms with Crippen molar-refractivity contribution in [2.45, 2.75) is 30.9 Å². The standard InChI is InChI=1S/C11H15ClN2O2S/c12-10-7-8(13)5-6-11(10)14-17(15,16)9-3-1-2-4-9/h5-7,9,14H,1-4,13H2. The van der Waals surface area contributed by atoms with Crippen molar-refractivity contribution in [1.29, 1.82) is 0 Å². The van der Waals surface area contributed by atoms with Gasteiger partial charge in [0, 0.05) is 5.69 Å². The van der Waals surface area contributed by atoms with Crippen molar-refractivity contribution in [2.75, 3.05) is 10.5 Å². The minimum Gasteiger partial charge on any atom is -0.399 e. The largest absolute Gasteiger partial charge is 0.399 e. The fraction of sp³-hybridized carbons (Fsp3) is 0.455. The van der Waals surface area contributed by atoms with Crippen molar-refractivity contribution in [3.8, 4) is 0 Å². The maximum Gasteiger partial charge on any atom is 0.235 e. The van der Waals surface area contributed by atoms with Gasteiger partial charge in [0.2, 0.25) is 10.0 Å². The summed E-state index contributed by atoms with van der Waals surface area (Å²) in [6, 6.07) is 4.75. The average molecular weight is 275 g/mol. The van der Waals surface area contributed by atoms with Crippen LogP contribution in [0.1, 0.15) is 25.7 Å². The SMILES string of the molecule is Nc1ccc(NS(=O)(=O)C2CCCC2)c(Cl)c1. The average Bonchev–Trinajstić information content (AvgIpc) is 2.76. The van der Waals surface area contributed by atoms with Gasteiger partial charge in [0.05, 0.1) is 16.0 Å². The second-order valence-corrected chi connectivity index (χ2v) is 6.66. The van der Waals surface area contributed by atoms with E-state index in [1.807, 2.05) is 0 Å². The Bertz CT molecular complexity index is 510. The molecule has 94 valence electrons. The van der Waals surface area contributed by atoms with Crippen LogP contribution < -0.4 is 10.5 Å². The highest BCUT2D eigenvalue weighted by Gasteiger charge is 2.28. The number of nitrogens with two attached hydrogens (primary N) is 1. The quantitative estimate of drug-likeness (QED) is 0.832.